The molecule has 0 bridgehead atoms. The number of aryl methyl sites for hydroxylation is 1. The van der Waals surface area contributed by atoms with E-state index in [1.807, 2.05) is 0 Å². The molecule has 0 saturated carbocycles. The van der Waals surface area contributed by atoms with Crippen LogP contribution in [0.4, 0.5) is 5.82 Å². The minimum atomic E-state index is 0. The lowest BCUT2D eigenvalue weighted by molar-refractivity contribution is 0.571. The summed E-state index contributed by atoms with van der Waals surface area (Å²) in [5.74, 6) is 1.38. The topological polar surface area (TPSA) is 66.5 Å². The lowest BCUT2D eigenvalue weighted by Gasteiger charge is -2.25. The molecule has 1 aliphatic rings. The molecule has 0 amide bonds. The van der Waals surface area contributed by atoms with Gasteiger partial charge in [-0.3, -0.25) is 0 Å². The van der Waals surface area contributed by atoms with Crippen molar-refractivity contribution in [2.75, 3.05) is 11.9 Å². The second-order valence-electron chi connectivity index (χ2n) is 5.49. The van der Waals surface area contributed by atoms with Crippen molar-refractivity contribution in [2.45, 2.75) is 25.2 Å². The molecule has 5 nitrogen and oxygen atoms in total. The van der Waals surface area contributed by atoms with E-state index in [9.17, 15) is 0 Å². The summed E-state index contributed by atoms with van der Waals surface area (Å²) in [6.07, 6.45) is 6.89. The Morgan fingerprint density at radius 1 is 1.18 bits per heavy atom. The average molecular weight is 316 g/mol. The van der Waals surface area contributed by atoms with Crippen molar-refractivity contribution >= 4 is 29.4 Å². The maximum absolute atomic E-state index is 4.33. The molecule has 1 atom stereocenters. The summed E-state index contributed by atoms with van der Waals surface area (Å²) in [5.41, 5.74) is 4.55. The smallest absolute Gasteiger partial charge is 0.182 e. The van der Waals surface area contributed by atoms with Gasteiger partial charge in [0.2, 0.25) is 0 Å². The molecular formula is C16H18ClN5. The van der Waals surface area contributed by atoms with Crippen LogP contribution in [-0.2, 0) is 6.42 Å². The predicted molar refractivity (Wildman–Crippen MR) is 89.5 cm³/mol. The van der Waals surface area contributed by atoms with Gasteiger partial charge in [-0.2, -0.15) is 0 Å². The van der Waals surface area contributed by atoms with Crippen molar-refractivity contribution in [1.29, 1.82) is 0 Å². The third-order valence-corrected chi connectivity index (χ3v) is 4.23. The van der Waals surface area contributed by atoms with Crippen LogP contribution in [0.3, 0.4) is 0 Å². The highest BCUT2D eigenvalue weighted by Gasteiger charge is 2.20. The summed E-state index contributed by atoms with van der Waals surface area (Å²) < 4.78 is 0. The van der Waals surface area contributed by atoms with E-state index in [-0.39, 0.29) is 12.4 Å². The van der Waals surface area contributed by atoms with Gasteiger partial charge in [0.15, 0.2) is 11.5 Å². The summed E-state index contributed by atoms with van der Waals surface area (Å²) in [6.45, 7) is 0.891. The Hall–Kier alpha value is -2.14. The van der Waals surface area contributed by atoms with E-state index in [4.69, 9.17) is 0 Å². The fraction of sp³-hybridized carbons (Fsp3) is 0.312. The molecule has 0 saturated heterocycles. The van der Waals surface area contributed by atoms with Gasteiger partial charge in [-0.25, -0.2) is 15.0 Å². The van der Waals surface area contributed by atoms with Gasteiger partial charge in [0.05, 0.1) is 6.33 Å². The number of nitrogens with zero attached hydrogens (tertiary/aromatic N) is 3. The molecule has 2 N–H and O–H groups in total. The Morgan fingerprint density at radius 2 is 2.09 bits per heavy atom. The van der Waals surface area contributed by atoms with Crippen LogP contribution in [0.15, 0.2) is 36.9 Å². The standard InChI is InChI=1S/C16H17N5.ClH/c1-2-7-13-11(4-1)5-3-6-12(13)8-17-15-14-16(19-9-18-14)21-10-20-15;/h1-2,4,7,9-10,12H,3,5-6,8H2,(H2,17,18,19,20,21);1H. The van der Waals surface area contributed by atoms with Crippen LogP contribution in [0, 0.1) is 0 Å². The van der Waals surface area contributed by atoms with Gasteiger partial charge in [0.25, 0.3) is 0 Å². The fourth-order valence-corrected chi connectivity index (χ4v) is 3.19. The van der Waals surface area contributed by atoms with Crippen molar-refractivity contribution < 1.29 is 0 Å². The molecule has 0 spiro atoms. The van der Waals surface area contributed by atoms with E-state index in [1.54, 1.807) is 12.7 Å². The lowest BCUT2D eigenvalue weighted by Crippen LogP contribution is -2.18. The number of rotatable bonds is 3. The number of H-pyrrole nitrogens is 1. The highest BCUT2D eigenvalue weighted by Crippen LogP contribution is 2.31. The lowest BCUT2D eigenvalue weighted by atomic mass is 9.83. The number of nitrogens with one attached hydrogen (secondary N) is 2. The van der Waals surface area contributed by atoms with E-state index in [0.717, 1.165) is 17.9 Å². The highest BCUT2D eigenvalue weighted by atomic mass is 35.5. The van der Waals surface area contributed by atoms with Crippen molar-refractivity contribution in [3.05, 3.63) is 48.0 Å². The zero-order valence-corrected chi connectivity index (χ0v) is 12.9. The third-order valence-electron chi connectivity index (χ3n) is 4.23. The normalized spacial score (nSPS) is 16.8. The molecular weight excluding hydrogens is 298 g/mol. The van der Waals surface area contributed by atoms with E-state index in [1.165, 1.54) is 30.4 Å². The number of fused-ring (bicyclic) bond motifs is 2. The zero-order valence-electron chi connectivity index (χ0n) is 12.1. The number of imidazole rings is 1. The van der Waals surface area contributed by atoms with Crippen LogP contribution in [-0.4, -0.2) is 26.5 Å². The molecule has 4 rings (SSSR count). The average Bonchev–Trinajstić information content (AvgIpc) is 3.02. The third kappa shape index (κ3) is 2.64. The Kier molecular flexibility index (Phi) is 4.24. The van der Waals surface area contributed by atoms with Gasteiger partial charge in [-0.05, 0) is 30.4 Å². The molecule has 6 heteroatoms. The van der Waals surface area contributed by atoms with Gasteiger partial charge >= 0.3 is 0 Å². The maximum Gasteiger partial charge on any atom is 0.182 e. The Morgan fingerprint density at radius 3 is 3.05 bits per heavy atom. The molecule has 2 heterocycles. The SMILES string of the molecule is Cl.c1ccc2c(c1)CCCC2CNc1ncnc2nc[nH]c12. The number of anilines is 1. The molecule has 1 unspecified atom stereocenters. The first-order chi connectivity index (χ1) is 10.4. The van der Waals surface area contributed by atoms with Gasteiger partial charge in [-0.15, -0.1) is 12.4 Å². The van der Waals surface area contributed by atoms with Crippen LogP contribution >= 0.6 is 12.4 Å². The van der Waals surface area contributed by atoms with Gasteiger partial charge in [-0.1, -0.05) is 24.3 Å². The highest BCUT2D eigenvalue weighted by molar-refractivity contribution is 5.85. The monoisotopic (exact) mass is 315 g/mol. The molecule has 2 aromatic heterocycles. The number of hydrogen-bond acceptors (Lipinski definition) is 4. The second-order valence-corrected chi connectivity index (χ2v) is 5.49. The molecule has 22 heavy (non-hydrogen) atoms. The second kappa shape index (κ2) is 6.32. The number of aromatic nitrogens is 4. The zero-order chi connectivity index (χ0) is 14.1. The van der Waals surface area contributed by atoms with E-state index < -0.39 is 0 Å². The largest absolute Gasteiger partial charge is 0.368 e. The Balaban J connectivity index is 0.00000144. The summed E-state index contributed by atoms with van der Waals surface area (Å²) >= 11 is 0. The molecule has 0 radical (unpaired) electrons. The minimum absolute atomic E-state index is 0. The van der Waals surface area contributed by atoms with Crippen LogP contribution in [0.2, 0.25) is 0 Å². The van der Waals surface area contributed by atoms with Crippen LogP contribution in [0.25, 0.3) is 11.2 Å². The van der Waals surface area contributed by atoms with Crippen molar-refractivity contribution in [2.24, 2.45) is 0 Å². The Bertz CT molecular complexity index is 770. The van der Waals surface area contributed by atoms with Gasteiger partial charge < -0.3 is 10.3 Å². The quantitative estimate of drug-likeness (QED) is 0.778. The number of halogens is 1. The summed E-state index contributed by atoms with van der Waals surface area (Å²) in [7, 11) is 0. The van der Waals surface area contributed by atoms with E-state index in [2.05, 4.69) is 49.5 Å². The molecule has 0 aliphatic heterocycles. The first-order valence-electron chi connectivity index (χ1n) is 7.37. The first kappa shape index (κ1) is 14.8. The van der Waals surface area contributed by atoms with E-state index in [0.29, 0.717) is 11.6 Å². The van der Waals surface area contributed by atoms with E-state index >= 15 is 0 Å². The molecule has 114 valence electrons. The van der Waals surface area contributed by atoms with Crippen LogP contribution in [0.1, 0.15) is 29.9 Å². The van der Waals surface area contributed by atoms with Crippen LogP contribution in [0.5, 0.6) is 0 Å². The number of aromatic amines is 1. The molecule has 1 aliphatic carbocycles. The maximum atomic E-state index is 4.33. The van der Waals surface area contributed by atoms with Crippen molar-refractivity contribution in [3.63, 3.8) is 0 Å². The van der Waals surface area contributed by atoms with Crippen molar-refractivity contribution in [1.82, 2.24) is 19.9 Å². The first-order valence-corrected chi connectivity index (χ1v) is 7.37. The molecule has 1 aromatic carbocycles. The summed E-state index contributed by atoms with van der Waals surface area (Å²) in [5, 5.41) is 3.46. The minimum Gasteiger partial charge on any atom is -0.368 e. The summed E-state index contributed by atoms with van der Waals surface area (Å²) in [6, 6.07) is 8.77. The summed E-state index contributed by atoms with van der Waals surface area (Å²) in [4.78, 5) is 15.7. The predicted octanol–water partition coefficient (Wildman–Crippen LogP) is 3.31. The Labute approximate surface area is 135 Å². The number of hydrogen-bond donors (Lipinski definition) is 2. The number of benzene rings is 1. The molecule has 3 aromatic rings. The van der Waals surface area contributed by atoms with Gasteiger partial charge in [0, 0.05) is 12.5 Å². The van der Waals surface area contributed by atoms with Crippen molar-refractivity contribution in [3.8, 4) is 0 Å². The fourth-order valence-electron chi connectivity index (χ4n) is 3.19. The molecule has 0 fully saturated rings. The van der Waals surface area contributed by atoms with Gasteiger partial charge in [0.1, 0.15) is 11.8 Å². The van der Waals surface area contributed by atoms with Crippen LogP contribution < -0.4 is 5.32 Å².